The second-order valence-electron chi connectivity index (χ2n) is 4.10. The molecule has 6 nitrogen and oxygen atoms in total. The zero-order valence-electron chi connectivity index (χ0n) is 10.4. The summed E-state index contributed by atoms with van der Waals surface area (Å²) in [7, 11) is -3.66. The number of rotatable bonds is 4. The zero-order valence-corrected chi connectivity index (χ0v) is 12.0. The lowest BCUT2D eigenvalue weighted by Gasteiger charge is -2.08. The number of aromatic nitrogens is 1. The van der Waals surface area contributed by atoms with Gasteiger partial charge in [-0.3, -0.25) is 4.72 Å². The van der Waals surface area contributed by atoms with Crippen LogP contribution in [-0.2, 0) is 15.8 Å². The molecule has 0 saturated heterocycles. The molecule has 0 unspecified atom stereocenters. The molecule has 0 bridgehead atoms. The third-order valence-corrected chi connectivity index (χ3v) is 3.90. The van der Waals surface area contributed by atoms with Crippen molar-refractivity contribution in [2.45, 2.75) is 12.7 Å². The molecule has 1 aromatic heterocycles. The molecule has 104 valence electrons. The Labute approximate surface area is 121 Å². The summed E-state index contributed by atoms with van der Waals surface area (Å²) in [6, 6.07) is 7.76. The van der Waals surface area contributed by atoms with Crippen LogP contribution < -0.4 is 4.72 Å². The number of hydrogen-bond donors (Lipinski definition) is 1. The lowest BCUT2D eigenvalue weighted by atomic mass is 10.2. The van der Waals surface area contributed by atoms with Crippen molar-refractivity contribution in [3.8, 4) is 6.07 Å². The van der Waals surface area contributed by atoms with E-state index in [1.807, 2.05) is 6.07 Å². The maximum Gasteiger partial charge on any atom is 0.238 e. The fourth-order valence-electron chi connectivity index (χ4n) is 1.55. The van der Waals surface area contributed by atoms with Crippen molar-refractivity contribution in [3.05, 3.63) is 46.3 Å². The summed E-state index contributed by atoms with van der Waals surface area (Å²) in [5.41, 5.74) is 0.871. The largest absolute Gasteiger partial charge is 0.361 e. The number of anilines is 1. The third kappa shape index (κ3) is 3.50. The van der Waals surface area contributed by atoms with Gasteiger partial charge in [-0.2, -0.15) is 5.26 Å². The van der Waals surface area contributed by atoms with Crippen molar-refractivity contribution in [1.29, 1.82) is 5.26 Å². The summed E-state index contributed by atoms with van der Waals surface area (Å²) in [6.07, 6.45) is 0. The Bertz CT molecular complexity index is 777. The van der Waals surface area contributed by atoms with E-state index in [1.54, 1.807) is 13.0 Å². The molecule has 2 aromatic rings. The summed E-state index contributed by atoms with van der Waals surface area (Å²) in [6.45, 7) is 1.67. The number of nitriles is 1. The minimum absolute atomic E-state index is 0.156. The first-order chi connectivity index (χ1) is 9.39. The second-order valence-corrected chi connectivity index (χ2v) is 6.23. The summed E-state index contributed by atoms with van der Waals surface area (Å²) in [5, 5.41) is 12.5. The standard InChI is InChI=1S/C12H10ClN3O3S/c1-8-4-10(15-19-8)7-20(17,18)16-12-3-2-9(6-14)5-11(12)13/h2-5,16H,7H2,1H3. The highest BCUT2D eigenvalue weighted by atomic mass is 35.5. The number of aryl methyl sites for hydroxylation is 1. The van der Waals surface area contributed by atoms with Crippen molar-refractivity contribution >= 4 is 27.3 Å². The molecular weight excluding hydrogens is 302 g/mol. The average molecular weight is 312 g/mol. The van der Waals surface area contributed by atoms with E-state index >= 15 is 0 Å². The minimum Gasteiger partial charge on any atom is -0.361 e. The Kier molecular flexibility index (Phi) is 3.97. The van der Waals surface area contributed by atoms with Crippen LogP contribution in [0.5, 0.6) is 0 Å². The maximum absolute atomic E-state index is 12.0. The van der Waals surface area contributed by atoms with Gasteiger partial charge in [-0.05, 0) is 25.1 Å². The van der Waals surface area contributed by atoms with E-state index in [4.69, 9.17) is 21.4 Å². The van der Waals surface area contributed by atoms with Crippen LogP contribution >= 0.6 is 11.6 Å². The molecule has 0 radical (unpaired) electrons. The van der Waals surface area contributed by atoms with Crippen molar-refractivity contribution in [2.24, 2.45) is 0 Å². The summed E-state index contributed by atoms with van der Waals surface area (Å²) < 4.78 is 31.1. The molecule has 0 aliphatic carbocycles. The molecule has 1 N–H and O–H groups in total. The van der Waals surface area contributed by atoms with Crippen LogP contribution in [0.15, 0.2) is 28.8 Å². The van der Waals surface area contributed by atoms with Crippen LogP contribution in [-0.4, -0.2) is 13.6 Å². The Morgan fingerprint density at radius 1 is 1.45 bits per heavy atom. The molecule has 2 rings (SSSR count). The summed E-state index contributed by atoms with van der Waals surface area (Å²) in [5.74, 6) is 0.215. The van der Waals surface area contributed by atoms with E-state index < -0.39 is 10.0 Å². The fraction of sp³-hybridized carbons (Fsp3) is 0.167. The van der Waals surface area contributed by atoms with Gasteiger partial charge in [0.1, 0.15) is 17.2 Å². The van der Waals surface area contributed by atoms with E-state index in [0.29, 0.717) is 17.0 Å². The first-order valence-electron chi connectivity index (χ1n) is 5.52. The van der Waals surface area contributed by atoms with Gasteiger partial charge in [0, 0.05) is 6.07 Å². The number of nitrogens with zero attached hydrogens (tertiary/aromatic N) is 2. The SMILES string of the molecule is Cc1cc(CS(=O)(=O)Nc2ccc(C#N)cc2Cl)no1. The van der Waals surface area contributed by atoms with Gasteiger partial charge in [-0.15, -0.1) is 0 Å². The van der Waals surface area contributed by atoms with Crippen molar-refractivity contribution in [3.63, 3.8) is 0 Å². The Morgan fingerprint density at radius 2 is 2.20 bits per heavy atom. The van der Waals surface area contributed by atoms with Gasteiger partial charge >= 0.3 is 0 Å². The molecule has 0 fully saturated rings. The van der Waals surface area contributed by atoms with E-state index in [-0.39, 0.29) is 16.5 Å². The Hall–Kier alpha value is -2.04. The van der Waals surface area contributed by atoms with Crippen LogP contribution in [0.25, 0.3) is 0 Å². The Balaban J connectivity index is 2.18. The van der Waals surface area contributed by atoms with Gasteiger partial charge in [0.2, 0.25) is 10.0 Å². The normalized spacial score (nSPS) is 11.1. The van der Waals surface area contributed by atoms with Crippen molar-refractivity contribution in [2.75, 3.05) is 4.72 Å². The Morgan fingerprint density at radius 3 is 2.75 bits per heavy atom. The van der Waals surface area contributed by atoms with E-state index in [0.717, 1.165) is 0 Å². The summed E-state index contributed by atoms with van der Waals surface area (Å²) in [4.78, 5) is 0. The quantitative estimate of drug-likeness (QED) is 0.935. The predicted molar refractivity (Wildman–Crippen MR) is 73.7 cm³/mol. The number of halogens is 1. The molecule has 0 amide bonds. The van der Waals surface area contributed by atoms with Crippen LogP contribution in [0.3, 0.4) is 0 Å². The van der Waals surface area contributed by atoms with Crippen LogP contribution in [0.2, 0.25) is 5.02 Å². The molecule has 0 atom stereocenters. The predicted octanol–water partition coefficient (Wildman–Crippen LogP) is 2.45. The van der Waals surface area contributed by atoms with E-state index in [1.165, 1.54) is 18.2 Å². The maximum atomic E-state index is 12.0. The molecular formula is C12H10ClN3O3S. The van der Waals surface area contributed by atoms with Gasteiger partial charge in [0.25, 0.3) is 0 Å². The smallest absolute Gasteiger partial charge is 0.238 e. The minimum atomic E-state index is -3.66. The number of benzene rings is 1. The van der Waals surface area contributed by atoms with Crippen LogP contribution in [0.1, 0.15) is 17.0 Å². The third-order valence-electron chi connectivity index (χ3n) is 2.38. The second kappa shape index (κ2) is 5.53. The average Bonchev–Trinajstić information content (AvgIpc) is 2.76. The van der Waals surface area contributed by atoms with Crippen LogP contribution in [0, 0.1) is 18.3 Å². The molecule has 1 aromatic carbocycles. The molecule has 1 heterocycles. The molecule has 0 aliphatic heterocycles. The van der Waals surface area contributed by atoms with Gasteiger partial charge in [0.15, 0.2) is 0 Å². The first kappa shape index (κ1) is 14.4. The summed E-state index contributed by atoms with van der Waals surface area (Å²) >= 11 is 5.91. The highest BCUT2D eigenvalue weighted by Gasteiger charge is 2.16. The lowest BCUT2D eigenvalue weighted by molar-refractivity contribution is 0.392. The lowest BCUT2D eigenvalue weighted by Crippen LogP contribution is -2.15. The molecule has 0 saturated carbocycles. The molecule has 8 heteroatoms. The highest BCUT2D eigenvalue weighted by molar-refractivity contribution is 7.91. The van der Waals surface area contributed by atoms with Gasteiger partial charge in [-0.1, -0.05) is 16.8 Å². The van der Waals surface area contributed by atoms with Gasteiger partial charge in [-0.25, -0.2) is 8.42 Å². The molecule has 0 aliphatic rings. The van der Waals surface area contributed by atoms with Crippen molar-refractivity contribution < 1.29 is 12.9 Å². The molecule has 0 spiro atoms. The fourth-order valence-corrected chi connectivity index (χ4v) is 2.95. The molecule has 20 heavy (non-hydrogen) atoms. The van der Waals surface area contributed by atoms with Gasteiger partial charge < -0.3 is 4.52 Å². The van der Waals surface area contributed by atoms with E-state index in [2.05, 4.69) is 9.88 Å². The highest BCUT2D eigenvalue weighted by Crippen LogP contribution is 2.24. The monoisotopic (exact) mass is 311 g/mol. The number of nitrogens with one attached hydrogen (secondary N) is 1. The number of hydrogen-bond acceptors (Lipinski definition) is 5. The van der Waals surface area contributed by atoms with E-state index in [9.17, 15) is 8.42 Å². The van der Waals surface area contributed by atoms with Gasteiger partial charge in [0.05, 0.1) is 22.3 Å². The first-order valence-corrected chi connectivity index (χ1v) is 7.55. The van der Waals surface area contributed by atoms with Crippen molar-refractivity contribution in [1.82, 2.24) is 5.16 Å². The topological polar surface area (TPSA) is 96.0 Å². The zero-order chi connectivity index (χ0) is 14.8. The van der Waals surface area contributed by atoms with Crippen LogP contribution in [0.4, 0.5) is 5.69 Å². The number of sulfonamides is 1.